The summed E-state index contributed by atoms with van der Waals surface area (Å²) in [5, 5.41) is 2.78. The van der Waals surface area contributed by atoms with Crippen LogP contribution in [0.5, 0.6) is 0 Å². The van der Waals surface area contributed by atoms with Crippen LogP contribution in [-0.2, 0) is 12.7 Å². The lowest BCUT2D eigenvalue weighted by atomic mass is 10.0. The van der Waals surface area contributed by atoms with Gasteiger partial charge in [-0.25, -0.2) is 4.79 Å². The minimum absolute atomic E-state index is 0.0625. The second-order valence-electron chi connectivity index (χ2n) is 6.11. The van der Waals surface area contributed by atoms with Crippen LogP contribution in [0.25, 0.3) is 0 Å². The molecule has 0 spiro atoms. The van der Waals surface area contributed by atoms with Crippen LogP contribution in [0, 0.1) is 0 Å². The molecule has 126 valence electrons. The molecule has 2 amide bonds. The Bertz CT molecular complexity index is 576. The highest BCUT2D eigenvalue weighted by Crippen LogP contribution is 2.32. The maximum Gasteiger partial charge on any atom is 0.416 e. The topological polar surface area (TPSA) is 35.6 Å². The third-order valence-corrected chi connectivity index (χ3v) is 4.53. The monoisotopic (exact) mass is 327 g/mol. The van der Waals surface area contributed by atoms with Crippen LogP contribution in [-0.4, -0.2) is 48.1 Å². The third kappa shape index (κ3) is 3.60. The van der Waals surface area contributed by atoms with Gasteiger partial charge in [0.2, 0.25) is 0 Å². The third-order valence-electron chi connectivity index (χ3n) is 4.53. The van der Waals surface area contributed by atoms with Crippen LogP contribution in [0.2, 0.25) is 0 Å². The summed E-state index contributed by atoms with van der Waals surface area (Å²) in [7, 11) is 0. The van der Waals surface area contributed by atoms with Gasteiger partial charge in [0, 0.05) is 32.2 Å². The molecule has 1 atom stereocenters. The molecule has 3 rings (SSSR count). The molecule has 2 fully saturated rings. The quantitative estimate of drug-likeness (QED) is 0.926. The number of alkyl halides is 3. The molecule has 7 heteroatoms. The number of rotatable bonds is 3. The van der Waals surface area contributed by atoms with E-state index in [0.29, 0.717) is 25.2 Å². The number of hydrogen-bond acceptors (Lipinski definition) is 2. The first-order valence-electron chi connectivity index (χ1n) is 7.87. The van der Waals surface area contributed by atoms with E-state index in [1.54, 1.807) is 6.07 Å². The van der Waals surface area contributed by atoms with Crippen molar-refractivity contribution in [2.75, 3.05) is 26.2 Å². The molecule has 2 heterocycles. The van der Waals surface area contributed by atoms with E-state index in [1.165, 1.54) is 12.1 Å². The first-order chi connectivity index (χ1) is 10.9. The van der Waals surface area contributed by atoms with E-state index in [4.69, 9.17) is 0 Å². The number of halogens is 3. The maximum atomic E-state index is 13.1. The Morgan fingerprint density at radius 3 is 2.70 bits per heavy atom. The van der Waals surface area contributed by atoms with Crippen LogP contribution >= 0.6 is 0 Å². The number of urea groups is 1. The Morgan fingerprint density at radius 2 is 2.00 bits per heavy atom. The van der Waals surface area contributed by atoms with E-state index in [1.807, 2.05) is 9.80 Å². The molecule has 0 saturated carbocycles. The summed E-state index contributed by atoms with van der Waals surface area (Å²) in [5.41, 5.74) is -0.271. The second-order valence-corrected chi connectivity index (χ2v) is 6.11. The minimum Gasteiger partial charge on any atom is -0.336 e. The number of likely N-dealkylation sites (tertiary alicyclic amines) is 1. The molecule has 2 saturated heterocycles. The Kier molecular flexibility index (Phi) is 4.48. The number of hydrogen-bond donors (Lipinski definition) is 1. The molecule has 1 N–H and O–H groups in total. The average molecular weight is 327 g/mol. The van der Waals surface area contributed by atoms with Crippen molar-refractivity contribution in [1.82, 2.24) is 15.1 Å². The predicted octanol–water partition coefficient (Wildman–Crippen LogP) is 2.70. The normalized spacial score (nSPS) is 23.2. The molecule has 0 unspecified atom stereocenters. The van der Waals surface area contributed by atoms with Gasteiger partial charge >= 0.3 is 12.2 Å². The number of nitrogens with one attached hydrogen (secondary N) is 1. The predicted molar refractivity (Wildman–Crippen MR) is 79.8 cm³/mol. The van der Waals surface area contributed by atoms with Crippen molar-refractivity contribution in [3.05, 3.63) is 35.4 Å². The standard InChI is InChI=1S/C16H20F3N3O/c17-16(18,19)14-6-2-1-4-12(14)10-21-8-3-5-13(11-21)22-9-7-20-15(22)23/h1-2,4,6,13H,3,5,7-11H2,(H,20,23)/t13-/m0/s1. The van der Waals surface area contributed by atoms with Crippen LogP contribution in [0.1, 0.15) is 24.0 Å². The highest BCUT2D eigenvalue weighted by atomic mass is 19.4. The fourth-order valence-electron chi connectivity index (χ4n) is 3.44. The Hall–Kier alpha value is -1.76. The van der Waals surface area contributed by atoms with Crippen molar-refractivity contribution in [2.24, 2.45) is 0 Å². The van der Waals surface area contributed by atoms with Crippen LogP contribution in [0.4, 0.5) is 18.0 Å². The van der Waals surface area contributed by atoms with Gasteiger partial charge in [-0.05, 0) is 31.0 Å². The van der Waals surface area contributed by atoms with Gasteiger partial charge < -0.3 is 10.2 Å². The van der Waals surface area contributed by atoms with Gasteiger partial charge in [0.15, 0.2) is 0 Å². The van der Waals surface area contributed by atoms with Crippen molar-refractivity contribution < 1.29 is 18.0 Å². The van der Waals surface area contributed by atoms with Crippen LogP contribution in [0.15, 0.2) is 24.3 Å². The summed E-state index contributed by atoms with van der Waals surface area (Å²) in [6.07, 6.45) is -2.53. The first kappa shape index (κ1) is 16.1. The van der Waals surface area contributed by atoms with Gasteiger partial charge in [0.1, 0.15) is 0 Å². The number of benzene rings is 1. The summed E-state index contributed by atoms with van der Waals surface area (Å²) in [4.78, 5) is 15.6. The molecule has 2 aliphatic rings. The van der Waals surface area contributed by atoms with E-state index < -0.39 is 11.7 Å². The molecule has 0 radical (unpaired) electrons. The largest absolute Gasteiger partial charge is 0.416 e. The van der Waals surface area contributed by atoms with Crippen molar-refractivity contribution in [1.29, 1.82) is 0 Å². The molecule has 0 bridgehead atoms. The van der Waals surface area contributed by atoms with E-state index in [0.717, 1.165) is 25.5 Å². The number of carbonyl (C=O) groups excluding carboxylic acids is 1. The van der Waals surface area contributed by atoms with Crippen molar-refractivity contribution >= 4 is 6.03 Å². The van der Waals surface area contributed by atoms with E-state index >= 15 is 0 Å². The zero-order valence-electron chi connectivity index (χ0n) is 12.8. The SMILES string of the molecule is O=C1NCCN1[C@H]1CCCN(Cc2ccccc2C(F)(F)F)C1. The van der Waals surface area contributed by atoms with Crippen molar-refractivity contribution in [3.63, 3.8) is 0 Å². The maximum absolute atomic E-state index is 13.1. The van der Waals surface area contributed by atoms with Crippen molar-refractivity contribution in [3.8, 4) is 0 Å². The average Bonchev–Trinajstić information content (AvgIpc) is 2.93. The molecule has 0 aromatic heterocycles. The van der Waals surface area contributed by atoms with Gasteiger partial charge in [-0.2, -0.15) is 13.2 Å². The van der Waals surface area contributed by atoms with Gasteiger partial charge in [-0.1, -0.05) is 18.2 Å². The van der Waals surface area contributed by atoms with Gasteiger partial charge in [-0.3, -0.25) is 4.90 Å². The summed E-state index contributed by atoms with van der Waals surface area (Å²) >= 11 is 0. The van der Waals surface area contributed by atoms with Crippen LogP contribution < -0.4 is 5.32 Å². The fraction of sp³-hybridized carbons (Fsp3) is 0.562. The molecule has 4 nitrogen and oxygen atoms in total. The summed E-state index contributed by atoms with van der Waals surface area (Å²) < 4.78 is 39.3. The minimum atomic E-state index is -4.33. The lowest BCUT2D eigenvalue weighted by Gasteiger charge is -2.37. The summed E-state index contributed by atoms with van der Waals surface area (Å²) in [6.45, 7) is 2.97. The Morgan fingerprint density at radius 1 is 1.22 bits per heavy atom. The fourth-order valence-corrected chi connectivity index (χ4v) is 3.44. The molecule has 2 aliphatic heterocycles. The van der Waals surface area contributed by atoms with E-state index in [9.17, 15) is 18.0 Å². The summed E-state index contributed by atoms with van der Waals surface area (Å²) in [6, 6.07) is 5.75. The number of carbonyl (C=O) groups is 1. The lowest BCUT2D eigenvalue weighted by molar-refractivity contribution is -0.138. The number of piperidine rings is 1. The van der Waals surface area contributed by atoms with Gasteiger partial charge in [0.25, 0.3) is 0 Å². The molecular formula is C16H20F3N3O. The second kappa shape index (κ2) is 6.39. The lowest BCUT2D eigenvalue weighted by Crippen LogP contribution is -2.48. The first-order valence-corrected chi connectivity index (χ1v) is 7.87. The molecule has 1 aromatic carbocycles. The number of amides is 2. The molecular weight excluding hydrogens is 307 g/mol. The van der Waals surface area contributed by atoms with E-state index in [-0.39, 0.29) is 18.6 Å². The molecule has 0 aliphatic carbocycles. The molecule has 1 aromatic rings. The van der Waals surface area contributed by atoms with Crippen molar-refractivity contribution in [2.45, 2.75) is 31.6 Å². The highest BCUT2D eigenvalue weighted by Gasteiger charge is 2.35. The number of nitrogens with zero attached hydrogens (tertiary/aromatic N) is 2. The Balaban J connectivity index is 1.70. The Labute approximate surface area is 133 Å². The van der Waals surface area contributed by atoms with Crippen LogP contribution in [0.3, 0.4) is 0 Å². The zero-order chi connectivity index (χ0) is 16.4. The highest BCUT2D eigenvalue weighted by molar-refractivity contribution is 5.76. The van der Waals surface area contributed by atoms with Gasteiger partial charge in [-0.15, -0.1) is 0 Å². The van der Waals surface area contributed by atoms with E-state index in [2.05, 4.69) is 5.32 Å². The smallest absolute Gasteiger partial charge is 0.336 e. The zero-order valence-corrected chi connectivity index (χ0v) is 12.8. The summed E-state index contributed by atoms with van der Waals surface area (Å²) in [5.74, 6) is 0. The van der Waals surface area contributed by atoms with Gasteiger partial charge in [0.05, 0.1) is 5.56 Å². The molecule has 23 heavy (non-hydrogen) atoms.